The number of phenolic OH excluding ortho intramolecular Hbond substituents is 1. The van der Waals surface area contributed by atoms with Gasteiger partial charge in [0, 0.05) is 16.5 Å². The first-order chi connectivity index (χ1) is 25.1. The van der Waals surface area contributed by atoms with Gasteiger partial charge in [-0.15, -0.1) is 0 Å². The zero-order valence-corrected chi connectivity index (χ0v) is 29.3. The molecule has 52 heavy (non-hydrogen) atoms. The Kier molecular flexibility index (Phi) is 8.34. The number of hydrazine groups is 1. The normalized spacial score (nSPS) is 26.5. The van der Waals surface area contributed by atoms with Crippen LogP contribution in [-0.2, 0) is 31.1 Å². The number of carbonyl (C=O) groups excluding carboxylic acids is 4. The summed E-state index contributed by atoms with van der Waals surface area (Å²) in [5.41, 5.74) is 3.32. The van der Waals surface area contributed by atoms with E-state index in [4.69, 9.17) is 27.9 Å². The fourth-order valence-corrected chi connectivity index (χ4v) is 9.39. The second kappa shape index (κ2) is 12.8. The van der Waals surface area contributed by atoms with E-state index in [0.717, 1.165) is 16.6 Å². The molecule has 0 aromatic heterocycles. The Labute approximate surface area is 308 Å². The molecule has 0 spiro atoms. The topological polar surface area (TPSA) is 116 Å². The van der Waals surface area contributed by atoms with Gasteiger partial charge in [-0.1, -0.05) is 89.4 Å². The predicted molar refractivity (Wildman–Crippen MR) is 191 cm³/mol. The molecule has 4 aromatic carbocycles. The molecule has 2 saturated heterocycles. The van der Waals surface area contributed by atoms with Crippen molar-refractivity contribution in [3.8, 4) is 11.5 Å². The Morgan fingerprint density at radius 2 is 1.65 bits per heavy atom. The van der Waals surface area contributed by atoms with E-state index in [0.29, 0.717) is 21.9 Å². The molecule has 264 valence electrons. The van der Waals surface area contributed by atoms with Crippen molar-refractivity contribution in [2.45, 2.75) is 30.7 Å². The number of ether oxygens (including phenoxy) is 1. The van der Waals surface area contributed by atoms with Gasteiger partial charge in [0.15, 0.2) is 11.6 Å². The van der Waals surface area contributed by atoms with E-state index in [2.05, 4.69) is 5.43 Å². The lowest BCUT2D eigenvalue weighted by Gasteiger charge is -2.50. The van der Waals surface area contributed by atoms with Crippen LogP contribution in [0.2, 0.25) is 10.0 Å². The second-order valence-corrected chi connectivity index (χ2v) is 14.5. The Bertz CT molecular complexity index is 2180. The Balaban J connectivity index is 1.32. The third-order valence-corrected chi connectivity index (χ3v) is 11.7. The van der Waals surface area contributed by atoms with Gasteiger partial charge in [-0.05, 0) is 66.3 Å². The van der Waals surface area contributed by atoms with Crippen molar-refractivity contribution in [3.05, 3.63) is 135 Å². The van der Waals surface area contributed by atoms with Gasteiger partial charge in [0.2, 0.25) is 11.8 Å². The highest BCUT2D eigenvalue weighted by molar-refractivity contribution is 6.36. The first kappa shape index (κ1) is 33.9. The molecule has 8 rings (SSSR count). The fourth-order valence-electron chi connectivity index (χ4n) is 8.94. The number of aromatic hydroxyl groups is 1. The smallest absolute Gasteiger partial charge is 0.260 e. The van der Waals surface area contributed by atoms with Gasteiger partial charge in [0.05, 0.1) is 47.5 Å². The quantitative estimate of drug-likeness (QED) is 0.154. The summed E-state index contributed by atoms with van der Waals surface area (Å²) in [6.45, 7) is 0.0951. The summed E-state index contributed by atoms with van der Waals surface area (Å²) in [6, 6.07) is 24.6. The zero-order valence-electron chi connectivity index (χ0n) is 27.8. The van der Waals surface area contributed by atoms with E-state index in [1.807, 2.05) is 36.4 Å². The maximum absolute atomic E-state index is 15.3. The lowest BCUT2D eigenvalue weighted by molar-refractivity contribution is -0.142. The predicted octanol–water partition coefficient (Wildman–Crippen LogP) is 7.03. The van der Waals surface area contributed by atoms with Crippen molar-refractivity contribution in [3.63, 3.8) is 0 Å². The number of fused-ring (bicyclic) bond motifs is 4. The molecular formula is C40H32Cl2FN3O6. The summed E-state index contributed by atoms with van der Waals surface area (Å²) in [6.07, 6.45) is 2.07. The number of imide groups is 2. The summed E-state index contributed by atoms with van der Waals surface area (Å²) in [5, 5.41) is 12.8. The van der Waals surface area contributed by atoms with Crippen molar-refractivity contribution < 1.29 is 33.4 Å². The number of likely N-dealkylation sites (tertiary alicyclic amines) is 1. The van der Waals surface area contributed by atoms with Gasteiger partial charge in [-0.2, -0.15) is 5.01 Å². The molecule has 2 aliphatic heterocycles. The minimum absolute atomic E-state index is 0.0287. The molecule has 2 aliphatic carbocycles. The van der Waals surface area contributed by atoms with Crippen LogP contribution < -0.4 is 10.2 Å². The second-order valence-electron chi connectivity index (χ2n) is 13.6. The average Bonchev–Trinajstić information content (AvgIpc) is 3.51. The number of hydrogen-bond acceptors (Lipinski definition) is 7. The number of amides is 4. The van der Waals surface area contributed by atoms with Crippen LogP contribution >= 0.6 is 23.2 Å². The fraction of sp³-hybridized carbons (Fsp3) is 0.250. The molecule has 4 amide bonds. The van der Waals surface area contributed by atoms with Crippen LogP contribution in [0.25, 0.3) is 0 Å². The number of hydrogen-bond donors (Lipinski definition) is 2. The molecule has 0 bridgehead atoms. The number of methoxy groups -OCH3 is 1. The first-order valence-corrected chi connectivity index (χ1v) is 17.6. The number of benzene rings is 4. The third kappa shape index (κ3) is 5.03. The molecule has 2 heterocycles. The molecule has 6 unspecified atom stereocenters. The standard InChI is InChI=1S/C40H32Cl2FN3O6/c1-52-24-13-10-22(11-14-24)40-29(37(49)46(39(40)51)44-32-17-12-23(41)18-30(32)42)19-28-25(34(40)27-8-5-9-31(43)35(27)47)15-16-26-33(28)38(50)45(36(26)48)20-21-6-3-2-4-7-21/h2-15,17-18,26,28-29,33-34,44,47H,16,19-20H2,1H3. The highest BCUT2D eigenvalue weighted by Gasteiger charge is 2.70. The molecule has 4 aliphatic rings. The Morgan fingerprint density at radius 1 is 0.904 bits per heavy atom. The van der Waals surface area contributed by atoms with E-state index in [1.165, 1.54) is 30.2 Å². The molecule has 2 N–H and O–H groups in total. The van der Waals surface area contributed by atoms with Gasteiger partial charge in [0.25, 0.3) is 11.8 Å². The third-order valence-electron chi connectivity index (χ3n) is 11.2. The number of para-hydroxylation sites is 1. The first-order valence-electron chi connectivity index (χ1n) is 16.9. The average molecular weight is 741 g/mol. The molecule has 9 nitrogen and oxygen atoms in total. The van der Waals surface area contributed by atoms with Gasteiger partial charge in [-0.3, -0.25) is 29.5 Å². The molecule has 4 aromatic rings. The van der Waals surface area contributed by atoms with E-state index in [-0.39, 0.29) is 47.5 Å². The van der Waals surface area contributed by atoms with E-state index in [1.54, 1.807) is 36.4 Å². The summed E-state index contributed by atoms with van der Waals surface area (Å²) in [5.74, 6) is -7.45. The summed E-state index contributed by atoms with van der Waals surface area (Å²) >= 11 is 12.6. The van der Waals surface area contributed by atoms with Crippen molar-refractivity contribution in [1.82, 2.24) is 9.91 Å². The van der Waals surface area contributed by atoms with Gasteiger partial charge >= 0.3 is 0 Å². The molecule has 12 heteroatoms. The Hall–Kier alpha value is -5.19. The molecular weight excluding hydrogens is 708 g/mol. The van der Waals surface area contributed by atoms with Crippen LogP contribution in [0.15, 0.2) is 103 Å². The number of rotatable bonds is 7. The molecule has 6 atom stereocenters. The van der Waals surface area contributed by atoms with Crippen molar-refractivity contribution in [1.29, 1.82) is 0 Å². The van der Waals surface area contributed by atoms with Crippen LogP contribution in [0.4, 0.5) is 10.1 Å². The van der Waals surface area contributed by atoms with Crippen LogP contribution in [0, 0.1) is 29.5 Å². The number of carbonyl (C=O) groups is 4. The zero-order chi connectivity index (χ0) is 36.5. The lowest BCUT2D eigenvalue weighted by Crippen LogP contribution is -2.53. The minimum Gasteiger partial charge on any atom is -0.505 e. The maximum atomic E-state index is 15.3. The number of nitrogens with zero attached hydrogens (tertiary/aromatic N) is 2. The maximum Gasteiger partial charge on any atom is 0.260 e. The van der Waals surface area contributed by atoms with Crippen molar-refractivity contribution >= 4 is 52.5 Å². The van der Waals surface area contributed by atoms with E-state index < -0.39 is 58.4 Å². The van der Waals surface area contributed by atoms with Gasteiger partial charge in [-0.25, -0.2) is 4.39 Å². The van der Waals surface area contributed by atoms with Crippen molar-refractivity contribution in [2.24, 2.45) is 23.7 Å². The number of anilines is 1. The van der Waals surface area contributed by atoms with Crippen LogP contribution in [0.3, 0.4) is 0 Å². The van der Waals surface area contributed by atoms with Crippen molar-refractivity contribution in [2.75, 3.05) is 12.5 Å². The highest BCUT2D eigenvalue weighted by Crippen LogP contribution is 2.65. The largest absolute Gasteiger partial charge is 0.505 e. The van der Waals surface area contributed by atoms with Gasteiger partial charge < -0.3 is 9.84 Å². The number of halogens is 3. The Morgan fingerprint density at radius 3 is 2.37 bits per heavy atom. The number of allylic oxidation sites excluding steroid dienone is 2. The monoisotopic (exact) mass is 739 g/mol. The van der Waals surface area contributed by atoms with Crippen LogP contribution in [0.1, 0.15) is 35.4 Å². The summed E-state index contributed by atoms with van der Waals surface area (Å²) in [4.78, 5) is 59.6. The minimum atomic E-state index is -1.73. The van der Waals surface area contributed by atoms with Crippen LogP contribution in [0.5, 0.6) is 11.5 Å². The number of phenols is 1. The highest BCUT2D eigenvalue weighted by atomic mass is 35.5. The summed E-state index contributed by atoms with van der Waals surface area (Å²) in [7, 11) is 1.50. The van der Waals surface area contributed by atoms with Gasteiger partial charge in [0.1, 0.15) is 5.75 Å². The van der Waals surface area contributed by atoms with E-state index in [9.17, 15) is 19.5 Å². The number of nitrogens with one attached hydrogen (secondary N) is 1. The summed E-state index contributed by atoms with van der Waals surface area (Å²) < 4.78 is 20.8. The lowest BCUT2D eigenvalue weighted by atomic mass is 9.49. The van der Waals surface area contributed by atoms with Crippen LogP contribution in [-0.4, -0.2) is 45.8 Å². The SMILES string of the molecule is COc1ccc(C23C(=O)N(Nc4ccc(Cl)cc4Cl)C(=O)C2CC2C(=CCC4C(=O)N(Cc5ccccc5)C(=O)C42)C3c2cccc(F)c2O)cc1. The molecule has 0 radical (unpaired) electrons. The van der Waals surface area contributed by atoms with E-state index >= 15 is 9.18 Å². The molecule has 1 saturated carbocycles. The molecule has 3 fully saturated rings.